The zero-order chi connectivity index (χ0) is 14.8. The third-order valence-electron chi connectivity index (χ3n) is 4.11. The van der Waals surface area contributed by atoms with E-state index in [2.05, 4.69) is 17.3 Å². The number of hydrogen-bond acceptors (Lipinski definition) is 4. The monoisotopic (exact) mass is 303 g/mol. The molecule has 0 aliphatic carbocycles. The molecule has 1 unspecified atom stereocenters. The van der Waals surface area contributed by atoms with Crippen molar-refractivity contribution in [3.63, 3.8) is 0 Å². The van der Waals surface area contributed by atoms with Gasteiger partial charge in [-0.15, -0.1) is 11.3 Å². The maximum atomic E-state index is 12.4. The minimum atomic E-state index is -0.0399. The van der Waals surface area contributed by atoms with Crippen molar-refractivity contribution in [1.82, 2.24) is 10.2 Å². The maximum Gasteiger partial charge on any atom is 0.263 e. The molecule has 1 aliphatic heterocycles. The van der Waals surface area contributed by atoms with Crippen LogP contribution in [-0.4, -0.2) is 37.5 Å². The molecule has 1 aliphatic rings. The number of nitrogens with zero attached hydrogens (tertiary/aromatic N) is 1. The highest BCUT2D eigenvalue weighted by atomic mass is 32.1. The van der Waals surface area contributed by atoms with E-state index >= 15 is 0 Å². The van der Waals surface area contributed by atoms with Gasteiger partial charge in [-0.2, -0.15) is 0 Å². The van der Waals surface area contributed by atoms with Crippen LogP contribution in [0.15, 0.2) is 24.3 Å². The largest absolute Gasteiger partial charge is 0.397 e. The number of benzene rings is 1. The molecule has 1 amide bonds. The molecule has 0 saturated carbocycles. The van der Waals surface area contributed by atoms with Crippen molar-refractivity contribution in [2.24, 2.45) is 5.92 Å². The van der Waals surface area contributed by atoms with Crippen LogP contribution in [0.5, 0.6) is 0 Å². The highest BCUT2D eigenvalue weighted by Crippen LogP contribution is 2.33. The molecule has 1 saturated heterocycles. The first-order chi connectivity index (χ1) is 10.1. The number of rotatable bonds is 3. The van der Waals surface area contributed by atoms with E-state index < -0.39 is 0 Å². The summed E-state index contributed by atoms with van der Waals surface area (Å²) in [5.41, 5.74) is 6.72. The summed E-state index contributed by atoms with van der Waals surface area (Å²) in [6.45, 7) is 2.95. The van der Waals surface area contributed by atoms with Crippen LogP contribution >= 0.6 is 11.3 Å². The molecule has 1 fully saturated rings. The number of piperidine rings is 1. The van der Waals surface area contributed by atoms with E-state index in [0.717, 1.165) is 29.7 Å². The van der Waals surface area contributed by atoms with Crippen molar-refractivity contribution in [3.8, 4) is 0 Å². The third kappa shape index (κ3) is 3.04. The molecular formula is C16H21N3OS. The van der Waals surface area contributed by atoms with Crippen LogP contribution in [0.25, 0.3) is 10.1 Å². The summed E-state index contributed by atoms with van der Waals surface area (Å²) >= 11 is 1.47. The van der Waals surface area contributed by atoms with Crippen LogP contribution < -0.4 is 11.1 Å². The minimum Gasteiger partial charge on any atom is -0.397 e. The molecule has 1 atom stereocenters. The van der Waals surface area contributed by atoms with E-state index in [4.69, 9.17) is 5.73 Å². The van der Waals surface area contributed by atoms with Crippen LogP contribution in [-0.2, 0) is 0 Å². The Hall–Kier alpha value is -1.59. The van der Waals surface area contributed by atoms with Crippen molar-refractivity contribution in [2.45, 2.75) is 12.8 Å². The standard InChI is InChI=1S/C16H21N3OS/c1-19-8-4-5-11(10-19)9-18-16(20)15-14(17)12-6-2-3-7-13(12)21-15/h2-3,6-7,11H,4-5,8-10,17H2,1H3,(H,18,20). The first-order valence-electron chi connectivity index (χ1n) is 7.39. The highest BCUT2D eigenvalue weighted by Gasteiger charge is 2.20. The summed E-state index contributed by atoms with van der Waals surface area (Å²) in [5, 5.41) is 4.03. The van der Waals surface area contributed by atoms with Gasteiger partial charge in [-0.1, -0.05) is 18.2 Å². The summed E-state index contributed by atoms with van der Waals surface area (Å²) in [6, 6.07) is 7.89. The molecule has 0 bridgehead atoms. The molecule has 112 valence electrons. The Morgan fingerprint density at radius 2 is 2.29 bits per heavy atom. The molecule has 1 aromatic heterocycles. The number of thiophene rings is 1. The second-order valence-corrected chi connectivity index (χ2v) is 6.87. The second-order valence-electron chi connectivity index (χ2n) is 5.82. The Bertz CT molecular complexity index is 652. The van der Waals surface area contributed by atoms with Crippen LogP contribution in [0.1, 0.15) is 22.5 Å². The van der Waals surface area contributed by atoms with E-state index in [1.807, 2.05) is 24.3 Å². The molecular weight excluding hydrogens is 282 g/mol. The van der Waals surface area contributed by atoms with Gasteiger partial charge in [0.1, 0.15) is 4.88 Å². The van der Waals surface area contributed by atoms with E-state index in [-0.39, 0.29) is 5.91 Å². The van der Waals surface area contributed by atoms with Crippen LogP contribution in [0.3, 0.4) is 0 Å². The molecule has 0 spiro atoms. The van der Waals surface area contributed by atoms with Crippen molar-refractivity contribution < 1.29 is 4.79 Å². The molecule has 1 aromatic carbocycles. The van der Waals surface area contributed by atoms with Gasteiger partial charge >= 0.3 is 0 Å². The summed E-state index contributed by atoms with van der Waals surface area (Å²) in [7, 11) is 2.14. The van der Waals surface area contributed by atoms with Crippen LogP contribution in [0.2, 0.25) is 0 Å². The topological polar surface area (TPSA) is 58.4 Å². The SMILES string of the molecule is CN1CCCC(CNC(=O)c2sc3ccccc3c2N)C1. The number of hydrogen-bond donors (Lipinski definition) is 2. The molecule has 4 nitrogen and oxygen atoms in total. The third-order valence-corrected chi connectivity index (χ3v) is 5.30. The van der Waals surface area contributed by atoms with Gasteiger partial charge in [0.25, 0.3) is 5.91 Å². The summed E-state index contributed by atoms with van der Waals surface area (Å²) < 4.78 is 1.07. The Kier molecular flexibility index (Phi) is 4.12. The zero-order valence-corrected chi connectivity index (χ0v) is 13.1. The molecule has 3 N–H and O–H groups in total. The van der Waals surface area contributed by atoms with Crippen molar-refractivity contribution in [2.75, 3.05) is 32.4 Å². The van der Waals surface area contributed by atoms with Gasteiger partial charge in [0.05, 0.1) is 5.69 Å². The Morgan fingerprint density at radius 3 is 3.05 bits per heavy atom. The molecule has 2 aromatic rings. The number of amides is 1. The van der Waals surface area contributed by atoms with Gasteiger partial charge in [-0.05, 0) is 38.4 Å². The van der Waals surface area contributed by atoms with E-state index in [0.29, 0.717) is 16.5 Å². The lowest BCUT2D eigenvalue weighted by Crippen LogP contribution is -2.39. The molecule has 0 radical (unpaired) electrons. The molecule has 5 heteroatoms. The van der Waals surface area contributed by atoms with E-state index in [9.17, 15) is 4.79 Å². The first-order valence-corrected chi connectivity index (χ1v) is 8.20. The van der Waals surface area contributed by atoms with Gasteiger partial charge in [0, 0.05) is 23.2 Å². The first kappa shape index (κ1) is 14.4. The van der Waals surface area contributed by atoms with E-state index in [1.54, 1.807) is 0 Å². The minimum absolute atomic E-state index is 0.0399. The fourth-order valence-corrected chi connectivity index (χ4v) is 4.03. The average molecular weight is 303 g/mol. The van der Waals surface area contributed by atoms with Crippen LogP contribution in [0.4, 0.5) is 5.69 Å². The average Bonchev–Trinajstić information content (AvgIpc) is 2.83. The second kappa shape index (κ2) is 6.03. The highest BCUT2D eigenvalue weighted by molar-refractivity contribution is 7.21. The fraction of sp³-hybridized carbons (Fsp3) is 0.438. The number of anilines is 1. The number of nitrogen functional groups attached to an aromatic ring is 1. The normalized spacial score (nSPS) is 19.8. The van der Waals surface area contributed by atoms with Crippen molar-refractivity contribution in [3.05, 3.63) is 29.1 Å². The number of carbonyl (C=O) groups is 1. The summed E-state index contributed by atoms with van der Waals surface area (Å²) in [4.78, 5) is 15.3. The lowest BCUT2D eigenvalue weighted by Gasteiger charge is -2.29. The molecule has 2 heterocycles. The predicted molar refractivity (Wildman–Crippen MR) is 88.8 cm³/mol. The lowest BCUT2D eigenvalue weighted by molar-refractivity contribution is 0.0941. The number of fused-ring (bicyclic) bond motifs is 1. The molecule has 21 heavy (non-hydrogen) atoms. The van der Waals surface area contributed by atoms with Crippen molar-refractivity contribution in [1.29, 1.82) is 0 Å². The summed E-state index contributed by atoms with van der Waals surface area (Å²) in [6.07, 6.45) is 2.40. The maximum absolute atomic E-state index is 12.4. The number of nitrogens with one attached hydrogen (secondary N) is 1. The number of carbonyl (C=O) groups excluding carboxylic acids is 1. The number of nitrogens with two attached hydrogens (primary N) is 1. The fourth-order valence-electron chi connectivity index (χ4n) is 2.99. The van der Waals surface area contributed by atoms with Crippen molar-refractivity contribution >= 4 is 33.0 Å². The molecule has 3 rings (SSSR count). The number of likely N-dealkylation sites (tertiary alicyclic amines) is 1. The van der Waals surface area contributed by atoms with Gasteiger partial charge < -0.3 is 16.0 Å². The zero-order valence-electron chi connectivity index (χ0n) is 12.3. The van der Waals surface area contributed by atoms with Gasteiger partial charge in [0.2, 0.25) is 0 Å². The van der Waals surface area contributed by atoms with Crippen LogP contribution in [0, 0.1) is 5.92 Å². The Balaban J connectivity index is 1.68. The van der Waals surface area contributed by atoms with Gasteiger partial charge in [-0.25, -0.2) is 0 Å². The van der Waals surface area contributed by atoms with E-state index in [1.165, 1.54) is 24.2 Å². The predicted octanol–water partition coefficient (Wildman–Crippen LogP) is 2.56. The van der Waals surface area contributed by atoms with Gasteiger partial charge in [-0.3, -0.25) is 4.79 Å². The Labute approximate surface area is 128 Å². The quantitative estimate of drug-likeness (QED) is 0.916. The summed E-state index contributed by atoms with van der Waals surface area (Å²) in [5.74, 6) is 0.505. The van der Waals surface area contributed by atoms with Gasteiger partial charge in [0.15, 0.2) is 0 Å². The smallest absolute Gasteiger partial charge is 0.263 e. The lowest BCUT2D eigenvalue weighted by atomic mass is 9.98. The Morgan fingerprint density at radius 1 is 1.48 bits per heavy atom.